The molecular formula is C22H17Cl2N6O2. The summed E-state index contributed by atoms with van der Waals surface area (Å²) in [5, 5.41) is 18.1. The molecule has 0 fully saturated rings. The molecule has 0 saturated carbocycles. The number of nitrogens with zero attached hydrogens (tertiary/aromatic N) is 4. The van der Waals surface area contributed by atoms with Crippen LogP contribution < -0.4 is 15.4 Å². The summed E-state index contributed by atoms with van der Waals surface area (Å²) in [4.78, 5) is 12.3. The molecule has 8 nitrogen and oxygen atoms in total. The zero-order chi connectivity index (χ0) is 22.5. The number of halogens is 2. The average Bonchev–Trinajstić information content (AvgIpc) is 3.26. The lowest BCUT2D eigenvalue weighted by Crippen LogP contribution is -2.35. The van der Waals surface area contributed by atoms with E-state index in [2.05, 4.69) is 33.1 Å². The van der Waals surface area contributed by atoms with Crippen LogP contribution in [-0.2, 0) is 0 Å². The lowest BCUT2D eigenvalue weighted by atomic mass is 10.2. The fraction of sp³-hybridized carbons (Fsp3) is 0.0455. The lowest BCUT2D eigenvalue weighted by Gasteiger charge is -2.17. The van der Waals surface area contributed by atoms with Crippen molar-refractivity contribution in [2.45, 2.75) is 6.17 Å². The number of hydrogen-bond acceptors (Lipinski definition) is 5. The average molecular weight is 468 g/mol. The van der Waals surface area contributed by atoms with Crippen LogP contribution in [0.3, 0.4) is 0 Å². The molecule has 4 aromatic rings. The standard InChI is InChI=1S/C22H17Cl2N6O2/c1-14(25-22(31)26-16-7-3-2-4-8-16)30-21(27-28-29-30)17-9-5-6-10-19(17)32-20-12-11-15(23)13-18(20)24/h2-14H,1H2,(H2,25,26,31). The van der Waals surface area contributed by atoms with Gasteiger partial charge in [-0.15, -0.1) is 5.10 Å². The van der Waals surface area contributed by atoms with E-state index in [0.29, 0.717) is 38.6 Å². The highest BCUT2D eigenvalue weighted by Gasteiger charge is 2.20. The first-order valence-corrected chi connectivity index (χ1v) is 10.2. The molecule has 1 aromatic heterocycles. The summed E-state index contributed by atoms with van der Waals surface area (Å²) >= 11 is 12.2. The van der Waals surface area contributed by atoms with Crippen LogP contribution >= 0.6 is 23.2 Å². The highest BCUT2D eigenvalue weighted by molar-refractivity contribution is 6.35. The number of aromatic nitrogens is 4. The van der Waals surface area contributed by atoms with Gasteiger partial charge in [0.1, 0.15) is 17.7 Å². The zero-order valence-electron chi connectivity index (χ0n) is 16.6. The summed E-state index contributed by atoms with van der Waals surface area (Å²) in [6.45, 7) is 3.96. The van der Waals surface area contributed by atoms with Crippen molar-refractivity contribution in [2.75, 3.05) is 5.32 Å². The Labute approximate surface area is 194 Å². The van der Waals surface area contributed by atoms with E-state index in [-0.39, 0.29) is 0 Å². The number of rotatable bonds is 6. The number of ether oxygens (including phenoxy) is 1. The molecule has 1 atom stereocenters. The van der Waals surface area contributed by atoms with Gasteiger partial charge in [0.2, 0.25) is 0 Å². The minimum Gasteiger partial charge on any atom is -0.455 e. The van der Waals surface area contributed by atoms with Crippen molar-refractivity contribution in [3.63, 3.8) is 0 Å². The van der Waals surface area contributed by atoms with E-state index in [1.165, 1.54) is 4.68 Å². The topological polar surface area (TPSA) is 94.0 Å². The molecule has 10 heteroatoms. The van der Waals surface area contributed by atoms with E-state index >= 15 is 0 Å². The molecule has 1 heterocycles. The summed E-state index contributed by atoms with van der Waals surface area (Å²) < 4.78 is 7.38. The molecule has 161 valence electrons. The molecule has 32 heavy (non-hydrogen) atoms. The summed E-state index contributed by atoms with van der Waals surface area (Å²) in [5.74, 6) is 1.24. The first-order chi connectivity index (χ1) is 15.5. The second-order valence-corrected chi connectivity index (χ2v) is 7.44. The SMILES string of the molecule is [CH2]C(NC(=O)Nc1ccccc1)n1nnnc1-c1ccccc1Oc1ccc(Cl)cc1Cl. The fourth-order valence-electron chi connectivity index (χ4n) is 2.90. The van der Waals surface area contributed by atoms with E-state index in [0.717, 1.165) is 0 Å². The van der Waals surface area contributed by atoms with Gasteiger partial charge >= 0.3 is 6.03 Å². The number of urea groups is 1. The molecule has 1 radical (unpaired) electrons. The van der Waals surface area contributed by atoms with E-state index < -0.39 is 12.2 Å². The molecule has 3 aromatic carbocycles. The maximum absolute atomic E-state index is 12.3. The Morgan fingerprint density at radius 3 is 2.53 bits per heavy atom. The molecule has 4 rings (SSSR count). The van der Waals surface area contributed by atoms with Gasteiger partial charge < -0.3 is 15.4 Å². The van der Waals surface area contributed by atoms with Crippen LogP contribution in [0, 0.1) is 6.92 Å². The fourth-order valence-corrected chi connectivity index (χ4v) is 3.35. The molecule has 0 spiro atoms. The molecule has 0 bridgehead atoms. The number of amides is 2. The van der Waals surface area contributed by atoms with Crippen molar-refractivity contribution in [3.8, 4) is 22.9 Å². The van der Waals surface area contributed by atoms with Crippen molar-refractivity contribution in [1.82, 2.24) is 25.5 Å². The van der Waals surface area contributed by atoms with Crippen LogP contribution in [0.15, 0.2) is 72.8 Å². The largest absolute Gasteiger partial charge is 0.455 e. The monoisotopic (exact) mass is 467 g/mol. The van der Waals surface area contributed by atoms with Crippen LogP contribution in [0.1, 0.15) is 6.17 Å². The lowest BCUT2D eigenvalue weighted by molar-refractivity contribution is 0.245. The first kappa shape index (κ1) is 21.6. The van der Waals surface area contributed by atoms with Crippen molar-refractivity contribution >= 4 is 34.9 Å². The summed E-state index contributed by atoms with van der Waals surface area (Å²) in [7, 11) is 0. The smallest absolute Gasteiger partial charge is 0.320 e. The van der Waals surface area contributed by atoms with Crippen LogP contribution in [0.25, 0.3) is 11.4 Å². The molecular weight excluding hydrogens is 451 g/mol. The molecule has 1 unspecified atom stereocenters. The Morgan fingerprint density at radius 1 is 1.00 bits per heavy atom. The normalized spacial score (nSPS) is 11.6. The van der Waals surface area contributed by atoms with Gasteiger partial charge in [0, 0.05) is 10.7 Å². The number of benzene rings is 3. The van der Waals surface area contributed by atoms with Gasteiger partial charge in [0.15, 0.2) is 5.82 Å². The molecule has 0 aliphatic rings. The van der Waals surface area contributed by atoms with E-state index in [1.807, 2.05) is 30.3 Å². The Morgan fingerprint density at radius 2 is 1.75 bits per heavy atom. The van der Waals surface area contributed by atoms with Crippen molar-refractivity contribution < 1.29 is 9.53 Å². The van der Waals surface area contributed by atoms with Crippen LogP contribution in [0.5, 0.6) is 11.5 Å². The van der Waals surface area contributed by atoms with Crippen molar-refractivity contribution in [1.29, 1.82) is 0 Å². The first-order valence-electron chi connectivity index (χ1n) is 9.47. The second-order valence-electron chi connectivity index (χ2n) is 6.60. The van der Waals surface area contributed by atoms with Gasteiger partial charge in [-0.2, -0.15) is 0 Å². The summed E-state index contributed by atoms with van der Waals surface area (Å²) in [6, 6.07) is 20.7. The highest BCUT2D eigenvalue weighted by Crippen LogP contribution is 2.36. The second kappa shape index (κ2) is 9.67. The Kier molecular flexibility index (Phi) is 6.53. The molecule has 0 aliphatic carbocycles. The molecule has 0 aliphatic heterocycles. The maximum atomic E-state index is 12.3. The summed E-state index contributed by atoms with van der Waals surface area (Å²) in [6.07, 6.45) is -0.795. The predicted molar refractivity (Wildman–Crippen MR) is 123 cm³/mol. The number of para-hydroxylation sites is 2. The van der Waals surface area contributed by atoms with Crippen LogP contribution in [0.2, 0.25) is 10.0 Å². The van der Waals surface area contributed by atoms with Crippen LogP contribution in [-0.4, -0.2) is 26.2 Å². The van der Waals surface area contributed by atoms with Gasteiger partial charge in [-0.05, 0) is 59.8 Å². The number of anilines is 1. The van der Waals surface area contributed by atoms with Gasteiger partial charge in [0.05, 0.1) is 10.6 Å². The minimum atomic E-state index is -0.795. The van der Waals surface area contributed by atoms with Gasteiger partial charge in [-0.3, -0.25) is 0 Å². The van der Waals surface area contributed by atoms with Gasteiger partial charge in [-0.25, -0.2) is 9.48 Å². The zero-order valence-corrected chi connectivity index (χ0v) is 18.1. The number of nitrogens with one attached hydrogen (secondary N) is 2. The number of hydrogen-bond donors (Lipinski definition) is 2. The predicted octanol–water partition coefficient (Wildman–Crippen LogP) is 5.59. The van der Waals surface area contributed by atoms with E-state index in [4.69, 9.17) is 27.9 Å². The van der Waals surface area contributed by atoms with Gasteiger partial charge in [0.25, 0.3) is 0 Å². The van der Waals surface area contributed by atoms with Crippen LogP contribution in [0.4, 0.5) is 10.5 Å². The van der Waals surface area contributed by atoms with E-state index in [9.17, 15) is 4.79 Å². The highest BCUT2D eigenvalue weighted by atomic mass is 35.5. The van der Waals surface area contributed by atoms with Gasteiger partial charge in [-0.1, -0.05) is 53.5 Å². The quantitative estimate of drug-likeness (QED) is 0.385. The Hall–Kier alpha value is -3.62. The maximum Gasteiger partial charge on any atom is 0.320 e. The number of carbonyl (C=O) groups excluding carboxylic acids is 1. The van der Waals surface area contributed by atoms with E-state index in [1.54, 1.807) is 42.5 Å². The Balaban J connectivity index is 1.56. The Bertz CT molecular complexity index is 1230. The third kappa shape index (κ3) is 4.99. The number of tetrazole rings is 1. The van der Waals surface area contributed by atoms with Crippen molar-refractivity contribution in [3.05, 3.63) is 89.8 Å². The summed E-state index contributed by atoms with van der Waals surface area (Å²) in [5.41, 5.74) is 1.23. The minimum absolute atomic E-state index is 0.352. The third-order valence-electron chi connectivity index (χ3n) is 4.36. The molecule has 2 amide bonds. The number of carbonyl (C=O) groups is 1. The third-order valence-corrected chi connectivity index (χ3v) is 4.89. The van der Waals surface area contributed by atoms with Crippen molar-refractivity contribution in [2.24, 2.45) is 0 Å². The molecule has 2 N–H and O–H groups in total. The molecule has 0 saturated heterocycles.